The molecule has 2 aromatic carbocycles. The first-order valence-corrected chi connectivity index (χ1v) is 10.8. The molecule has 164 valence electrons. The molecule has 1 saturated heterocycles. The van der Waals surface area contributed by atoms with E-state index in [1.165, 1.54) is 0 Å². The highest BCUT2D eigenvalue weighted by molar-refractivity contribution is 6.33. The number of amides is 1. The molecule has 0 radical (unpaired) electrons. The maximum absolute atomic E-state index is 12.8. The number of nitrogens with one attached hydrogen (secondary N) is 2. The van der Waals surface area contributed by atoms with Gasteiger partial charge in [0, 0.05) is 22.5 Å². The standard InChI is InChI=1S/C23H22ClN5O3/c1-2-32-23(31)29-20-8-6-15(17-10-14(12-25)5-7-19(17)24)11-18(20)21(28-29)27-22(30)16-4-3-9-26-13-16/h5-8,10-11,16,26H,2-4,9,13H2,1H3,(H,27,28,30)/t16-/m1/s1. The Kier molecular flexibility index (Phi) is 6.40. The van der Waals surface area contributed by atoms with Crippen LogP contribution in [0.2, 0.25) is 5.02 Å². The van der Waals surface area contributed by atoms with Crippen molar-refractivity contribution in [3.05, 3.63) is 47.0 Å². The number of rotatable bonds is 4. The van der Waals surface area contributed by atoms with Crippen LogP contribution in [0.3, 0.4) is 0 Å². The second-order valence-electron chi connectivity index (χ2n) is 7.53. The van der Waals surface area contributed by atoms with Gasteiger partial charge in [0.25, 0.3) is 0 Å². The van der Waals surface area contributed by atoms with Crippen molar-refractivity contribution in [2.75, 3.05) is 25.0 Å². The fourth-order valence-corrected chi connectivity index (χ4v) is 4.04. The molecule has 0 spiro atoms. The van der Waals surface area contributed by atoms with E-state index < -0.39 is 6.09 Å². The predicted molar refractivity (Wildman–Crippen MR) is 122 cm³/mol. The lowest BCUT2D eigenvalue weighted by molar-refractivity contribution is -0.120. The van der Waals surface area contributed by atoms with Crippen molar-refractivity contribution in [3.8, 4) is 17.2 Å². The van der Waals surface area contributed by atoms with Gasteiger partial charge in [0.15, 0.2) is 5.82 Å². The number of nitriles is 1. The van der Waals surface area contributed by atoms with Crippen LogP contribution in [0.25, 0.3) is 22.0 Å². The van der Waals surface area contributed by atoms with Crippen molar-refractivity contribution in [2.45, 2.75) is 19.8 Å². The van der Waals surface area contributed by atoms with E-state index in [1.54, 1.807) is 43.3 Å². The summed E-state index contributed by atoms with van der Waals surface area (Å²) in [7, 11) is 0. The van der Waals surface area contributed by atoms with Crippen molar-refractivity contribution < 1.29 is 14.3 Å². The molecule has 4 rings (SSSR count). The largest absolute Gasteiger partial charge is 0.448 e. The molecule has 3 aromatic rings. The van der Waals surface area contributed by atoms with Crippen LogP contribution in [0.1, 0.15) is 25.3 Å². The molecule has 2 N–H and O–H groups in total. The third-order valence-electron chi connectivity index (χ3n) is 5.44. The lowest BCUT2D eigenvalue weighted by Crippen LogP contribution is -2.37. The minimum Gasteiger partial charge on any atom is -0.448 e. The summed E-state index contributed by atoms with van der Waals surface area (Å²) >= 11 is 6.38. The third kappa shape index (κ3) is 4.31. The van der Waals surface area contributed by atoms with E-state index in [9.17, 15) is 14.9 Å². The van der Waals surface area contributed by atoms with Crippen LogP contribution in [0.15, 0.2) is 36.4 Å². The van der Waals surface area contributed by atoms with Crippen LogP contribution in [0, 0.1) is 17.2 Å². The van der Waals surface area contributed by atoms with Crippen molar-refractivity contribution in [1.82, 2.24) is 15.1 Å². The Morgan fingerprint density at radius 1 is 1.34 bits per heavy atom. The van der Waals surface area contributed by atoms with Crippen molar-refractivity contribution in [2.24, 2.45) is 5.92 Å². The number of piperidine rings is 1. The van der Waals surface area contributed by atoms with Gasteiger partial charge in [-0.3, -0.25) is 4.79 Å². The smallest absolute Gasteiger partial charge is 0.435 e. The van der Waals surface area contributed by atoms with Crippen LogP contribution in [-0.2, 0) is 9.53 Å². The Balaban J connectivity index is 1.79. The van der Waals surface area contributed by atoms with E-state index in [2.05, 4.69) is 21.8 Å². The van der Waals surface area contributed by atoms with E-state index in [0.717, 1.165) is 29.6 Å². The van der Waals surface area contributed by atoms with Crippen molar-refractivity contribution in [3.63, 3.8) is 0 Å². The van der Waals surface area contributed by atoms with Gasteiger partial charge in [-0.15, -0.1) is 5.10 Å². The van der Waals surface area contributed by atoms with E-state index in [1.807, 2.05) is 0 Å². The van der Waals surface area contributed by atoms with Crippen LogP contribution < -0.4 is 10.6 Å². The molecule has 1 amide bonds. The molecule has 0 unspecified atom stereocenters. The Hall–Kier alpha value is -3.41. The number of hydrogen-bond donors (Lipinski definition) is 2. The third-order valence-corrected chi connectivity index (χ3v) is 5.77. The summed E-state index contributed by atoms with van der Waals surface area (Å²) in [6.45, 7) is 3.41. The quantitative estimate of drug-likeness (QED) is 0.616. The van der Waals surface area contributed by atoms with Crippen LogP contribution in [-0.4, -0.2) is 41.5 Å². The first-order chi connectivity index (χ1) is 15.5. The number of benzene rings is 2. The van der Waals surface area contributed by atoms with Gasteiger partial charge in [-0.2, -0.15) is 9.94 Å². The highest BCUT2D eigenvalue weighted by atomic mass is 35.5. The minimum absolute atomic E-state index is 0.150. The average Bonchev–Trinajstić information content (AvgIpc) is 3.18. The van der Waals surface area contributed by atoms with Crippen LogP contribution in [0.4, 0.5) is 10.6 Å². The van der Waals surface area contributed by atoms with Crippen molar-refractivity contribution >= 4 is 40.3 Å². The molecule has 9 heteroatoms. The Labute approximate surface area is 190 Å². The number of anilines is 1. The van der Waals surface area contributed by atoms with Gasteiger partial charge in [-0.1, -0.05) is 17.7 Å². The second-order valence-corrected chi connectivity index (χ2v) is 7.94. The summed E-state index contributed by atoms with van der Waals surface area (Å²) in [5, 5.41) is 20.8. The fourth-order valence-electron chi connectivity index (χ4n) is 3.81. The van der Waals surface area contributed by atoms with Gasteiger partial charge in [0.2, 0.25) is 5.91 Å². The van der Waals surface area contributed by atoms with Gasteiger partial charge in [0.05, 0.1) is 29.7 Å². The number of carbonyl (C=O) groups is 2. The molecule has 32 heavy (non-hydrogen) atoms. The predicted octanol–water partition coefficient (Wildman–Crippen LogP) is 4.17. The zero-order valence-electron chi connectivity index (χ0n) is 17.5. The van der Waals surface area contributed by atoms with E-state index in [0.29, 0.717) is 33.6 Å². The maximum Gasteiger partial charge on any atom is 0.435 e. The van der Waals surface area contributed by atoms with E-state index in [4.69, 9.17) is 16.3 Å². The molecule has 0 saturated carbocycles. The molecule has 1 aromatic heterocycles. The Morgan fingerprint density at radius 3 is 2.91 bits per heavy atom. The summed E-state index contributed by atoms with van der Waals surface area (Å²) in [6, 6.07) is 12.4. The second kappa shape index (κ2) is 9.39. The number of hydrogen-bond acceptors (Lipinski definition) is 6. The normalized spacial score (nSPS) is 15.8. The first-order valence-electron chi connectivity index (χ1n) is 10.4. The van der Waals surface area contributed by atoms with Gasteiger partial charge in [-0.05, 0) is 62.2 Å². The number of halogens is 1. The summed E-state index contributed by atoms with van der Waals surface area (Å²) in [6.07, 6.45) is 1.08. The fraction of sp³-hybridized carbons (Fsp3) is 0.304. The highest BCUT2D eigenvalue weighted by Gasteiger charge is 2.24. The lowest BCUT2D eigenvalue weighted by Gasteiger charge is -2.21. The molecule has 1 aliphatic heterocycles. The molecule has 0 aliphatic carbocycles. The average molecular weight is 452 g/mol. The molecule has 1 fully saturated rings. The number of nitrogens with zero attached hydrogens (tertiary/aromatic N) is 3. The number of ether oxygens (including phenoxy) is 1. The van der Waals surface area contributed by atoms with Crippen LogP contribution >= 0.6 is 11.6 Å². The lowest BCUT2D eigenvalue weighted by atomic mass is 9.98. The van der Waals surface area contributed by atoms with Crippen molar-refractivity contribution in [1.29, 1.82) is 5.26 Å². The van der Waals surface area contributed by atoms with E-state index in [-0.39, 0.29) is 24.2 Å². The van der Waals surface area contributed by atoms with E-state index >= 15 is 0 Å². The SMILES string of the molecule is CCOC(=O)n1nc(NC(=O)[C@@H]2CCCNC2)c2cc(-c3cc(C#N)ccc3Cl)ccc21. The molecular weight excluding hydrogens is 430 g/mol. The molecule has 0 bridgehead atoms. The monoisotopic (exact) mass is 451 g/mol. The van der Waals surface area contributed by atoms with Gasteiger partial charge in [-0.25, -0.2) is 4.79 Å². The highest BCUT2D eigenvalue weighted by Crippen LogP contribution is 2.33. The van der Waals surface area contributed by atoms with Gasteiger partial charge in [0.1, 0.15) is 0 Å². The summed E-state index contributed by atoms with van der Waals surface area (Å²) in [5.74, 6) is -0.0444. The number of carbonyl (C=O) groups excluding carboxylic acids is 2. The topological polar surface area (TPSA) is 109 Å². The zero-order valence-corrected chi connectivity index (χ0v) is 18.3. The molecule has 1 atom stereocenters. The molecule has 8 nitrogen and oxygen atoms in total. The maximum atomic E-state index is 12.8. The summed E-state index contributed by atoms with van der Waals surface area (Å²) in [5.41, 5.74) is 2.38. The molecular formula is C23H22ClN5O3. The molecule has 2 heterocycles. The van der Waals surface area contributed by atoms with Crippen LogP contribution in [0.5, 0.6) is 0 Å². The first kappa shape index (κ1) is 21.8. The summed E-state index contributed by atoms with van der Waals surface area (Å²) in [4.78, 5) is 25.3. The van der Waals surface area contributed by atoms with Gasteiger partial charge < -0.3 is 15.4 Å². The zero-order chi connectivity index (χ0) is 22.7. The Morgan fingerprint density at radius 2 is 2.19 bits per heavy atom. The molecule has 1 aliphatic rings. The van der Waals surface area contributed by atoms with Gasteiger partial charge >= 0.3 is 6.09 Å². The number of aromatic nitrogens is 2. The Bertz CT molecular complexity index is 1220. The minimum atomic E-state index is -0.630. The summed E-state index contributed by atoms with van der Waals surface area (Å²) < 4.78 is 6.26. The number of fused-ring (bicyclic) bond motifs is 1.